The summed E-state index contributed by atoms with van der Waals surface area (Å²) in [4.78, 5) is 0. The van der Waals surface area contributed by atoms with Crippen LogP contribution in [0.2, 0.25) is 0 Å². The molecule has 0 heterocycles. The molecular weight excluding hydrogens is 228 g/mol. The molecule has 3 rings (SSSR count). The smallest absolute Gasteiger partial charge is 0.0133 e. The first-order valence-corrected chi connectivity index (χ1v) is 8.66. The van der Waals surface area contributed by atoms with Crippen LogP contribution in [-0.2, 0) is 0 Å². The Bertz CT molecular complexity index is 362. The Balaban J connectivity index is 1.92. The van der Waals surface area contributed by atoms with E-state index in [0.717, 1.165) is 23.7 Å². The Morgan fingerprint density at radius 1 is 1.05 bits per heavy atom. The molecular formula is C19H30. The lowest BCUT2D eigenvalue weighted by Gasteiger charge is -2.48. The van der Waals surface area contributed by atoms with Gasteiger partial charge in [0.2, 0.25) is 0 Å². The maximum absolute atomic E-state index is 2.54. The van der Waals surface area contributed by atoms with Gasteiger partial charge in [0.15, 0.2) is 0 Å². The van der Waals surface area contributed by atoms with Crippen LogP contribution >= 0.6 is 0 Å². The lowest BCUT2D eigenvalue weighted by Crippen LogP contribution is -2.39. The van der Waals surface area contributed by atoms with E-state index >= 15 is 0 Å². The predicted molar refractivity (Wildman–Crippen MR) is 83.0 cm³/mol. The van der Waals surface area contributed by atoms with Crippen LogP contribution in [0.1, 0.15) is 65.2 Å². The average molecular weight is 258 g/mol. The fourth-order valence-electron chi connectivity index (χ4n) is 5.84. The minimum Gasteiger partial charge on any atom is -0.0808 e. The van der Waals surface area contributed by atoms with E-state index in [-0.39, 0.29) is 0 Å². The van der Waals surface area contributed by atoms with E-state index < -0.39 is 0 Å². The van der Waals surface area contributed by atoms with Crippen LogP contribution in [0.15, 0.2) is 24.3 Å². The maximum Gasteiger partial charge on any atom is -0.0133 e. The SMILES string of the molecule is CCCC1CCCC2C3C=CC=CC3CC12CCC. The molecule has 0 aliphatic heterocycles. The van der Waals surface area contributed by atoms with Crippen molar-refractivity contribution in [3.05, 3.63) is 24.3 Å². The third-order valence-corrected chi connectivity index (χ3v) is 6.35. The largest absolute Gasteiger partial charge is 0.0808 e. The van der Waals surface area contributed by atoms with Crippen LogP contribution in [0.5, 0.6) is 0 Å². The van der Waals surface area contributed by atoms with Crippen molar-refractivity contribution in [3.8, 4) is 0 Å². The van der Waals surface area contributed by atoms with Crippen molar-refractivity contribution >= 4 is 0 Å². The standard InChI is InChI=1S/C19H30/c1-3-8-16-10-7-12-18-17-11-6-5-9-15(17)14-19(16,18)13-4-2/h5-6,9,11,15-18H,3-4,7-8,10,12-14H2,1-2H3. The van der Waals surface area contributed by atoms with E-state index in [1.165, 1.54) is 51.4 Å². The van der Waals surface area contributed by atoms with Crippen LogP contribution in [0, 0.1) is 29.1 Å². The zero-order chi connectivity index (χ0) is 13.3. The molecule has 0 amide bonds. The van der Waals surface area contributed by atoms with Gasteiger partial charge in [-0.15, -0.1) is 0 Å². The zero-order valence-corrected chi connectivity index (χ0v) is 12.8. The average Bonchev–Trinajstić information content (AvgIpc) is 2.75. The predicted octanol–water partition coefficient (Wildman–Crippen LogP) is 5.75. The molecule has 0 N–H and O–H groups in total. The number of fused-ring (bicyclic) bond motifs is 3. The molecule has 0 spiro atoms. The number of rotatable bonds is 4. The molecule has 5 atom stereocenters. The maximum atomic E-state index is 2.54. The summed E-state index contributed by atoms with van der Waals surface area (Å²) in [7, 11) is 0. The molecule has 5 unspecified atom stereocenters. The van der Waals surface area contributed by atoms with Gasteiger partial charge in [-0.1, -0.05) is 63.8 Å². The first-order chi connectivity index (χ1) is 9.31. The van der Waals surface area contributed by atoms with Crippen molar-refractivity contribution in [1.29, 1.82) is 0 Å². The molecule has 0 aromatic carbocycles. The molecule has 0 saturated heterocycles. The number of allylic oxidation sites excluding steroid dienone is 4. The Morgan fingerprint density at radius 3 is 2.68 bits per heavy atom. The minimum absolute atomic E-state index is 0.692. The zero-order valence-electron chi connectivity index (χ0n) is 12.8. The van der Waals surface area contributed by atoms with Gasteiger partial charge in [0, 0.05) is 0 Å². The molecule has 0 heteroatoms. The minimum atomic E-state index is 0.692. The lowest BCUT2D eigenvalue weighted by atomic mass is 9.57. The van der Waals surface area contributed by atoms with Crippen molar-refractivity contribution in [2.45, 2.75) is 65.2 Å². The highest BCUT2D eigenvalue weighted by molar-refractivity contribution is 5.22. The first-order valence-electron chi connectivity index (χ1n) is 8.66. The van der Waals surface area contributed by atoms with Crippen molar-refractivity contribution in [1.82, 2.24) is 0 Å². The van der Waals surface area contributed by atoms with Gasteiger partial charge in [-0.05, 0) is 54.8 Å². The van der Waals surface area contributed by atoms with Crippen LogP contribution in [0.4, 0.5) is 0 Å². The Kier molecular flexibility index (Phi) is 3.87. The van der Waals surface area contributed by atoms with Gasteiger partial charge in [0.1, 0.15) is 0 Å². The molecule has 0 bridgehead atoms. The Labute approximate surface area is 119 Å². The van der Waals surface area contributed by atoms with Gasteiger partial charge in [0.05, 0.1) is 0 Å². The molecule has 2 fully saturated rings. The number of hydrogen-bond acceptors (Lipinski definition) is 0. The molecule has 0 nitrogen and oxygen atoms in total. The fourth-order valence-corrected chi connectivity index (χ4v) is 5.84. The third-order valence-electron chi connectivity index (χ3n) is 6.35. The molecule has 19 heavy (non-hydrogen) atoms. The van der Waals surface area contributed by atoms with Crippen LogP contribution < -0.4 is 0 Å². The fraction of sp³-hybridized carbons (Fsp3) is 0.789. The van der Waals surface area contributed by atoms with Crippen molar-refractivity contribution in [2.75, 3.05) is 0 Å². The van der Waals surface area contributed by atoms with E-state index in [1.807, 2.05) is 0 Å². The monoisotopic (exact) mass is 258 g/mol. The Hall–Kier alpha value is -0.520. The quantitative estimate of drug-likeness (QED) is 0.602. The van der Waals surface area contributed by atoms with Crippen molar-refractivity contribution in [2.24, 2.45) is 29.1 Å². The highest BCUT2D eigenvalue weighted by atomic mass is 14.6. The van der Waals surface area contributed by atoms with Gasteiger partial charge in [-0.2, -0.15) is 0 Å². The van der Waals surface area contributed by atoms with Crippen LogP contribution in [0.25, 0.3) is 0 Å². The molecule has 0 radical (unpaired) electrons. The van der Waals surface area contributed by atoms with Crippen molar-refractivity contribution in [3.63, 3.8) is 0 Å². The summed E-state index contributed by atoms with van der Waals surface area (Å²) in [6.45, 7) is 4.78. The second-order valence-electron chi connectivity index (χ2n) is 7.22. The summed E-state index contributed by atoms with van der Waals surface area (Å²) in [6, 6.07) is 0. The van der Waals surface area contributed by atoms with E-state index in [2.05, 4.69) is 38.2 Å². The van der Waals surface area contributed by atoms with Crippen LogP contribution in [-0.4, -0.2) is 0 Å². The summed E-state index contributed by atoms with van der Waals surface area (Å²) in [5, 5.41) is 0. The van der Waals surface area contributed by atoms with Gasteiger partial charge in [-0.3, -0.25) is 0 Å². The Morgan fingerprint density at radius 2 is 1.89 bits per heavy atom. The van der Waals surface area contributed by atoms with E-state index in [4.69, 9.17) is 0 Å². The number of hydrogen-bond donors (Lipinski definition) is 0. The lowest BCUT2D eigenvalue weighted by molar-refractivity contribution is 0.0230. The second kappa shape index (κ2) is 5.46. The molecule has 3 aliphatic carbocycles. The summed E-state index contributed by atoms with van der Waals surface area (Å²) >= 11 is 0. The van der Waals surface area contributed by atoms with E-state index in [0.29, 0.717) is 5.41 Å². The topological polar surface area (TPSA) is 0 Å². The summed E-state index contributed by atoms with van der Waals surface area (Å²) in [5.41, 5.74) is 0.692. The van der Waals surface area contributed by atoms with E-state index in [1.54, 1.807) is 0 Å². The molecule has 3 aliphatic rings. The highest BCUT2D eigenvalue weighted by Crippen LogP contribution is 2.63. The molecule has 0 aromatic heterocycles. The summed E-state index contributed by atoms with van der Waals surface area (Å²) in [5.74, 6) is 3.74. The molecule has 106 valence electrons. The second-order valence-corrected chi connectivity index (χ2v) is 7.22. The van der Waals surface area contributed by atoms with Crippen LogP contribution in [0.3, 0.4) is 0 Å². The molecule has 2 saturated carbocycles. The van der Waals surface area contributed by atoms with Crippen molar-refractivity contribution < 1.29 is 0 Å². The summed E-state index contributed by atoms with van der Waals surface area (Å²) < 4.78 is 0. The highest BCUT2D eigenvalue weighted by Gasteiger charge is 2.55. The van der Waals surface area contributed by atoms with Gasteiger partial charge < -0.3 is 0 Å². The van der Waals surface area contributed by atoms with E-state index in [9.17, 15) is 0 Å². The van der Waals surface area contributed by atoms with Gasteiger partial charge in [-0.25, -0.2) is 0 Å². The molecule has 0 aromatic rings. The summed E-state index contributed by atoms with van der Waals surface area (Å²) in [6.07, 6.45) is 21.4. The first kappa shape index (κ1) is 13.5. The van der Waals surface area contributed by atoms with Gasteiger partial charge in [0.25, 0.3) is 0 Å². The van der Waals surface area contributed by atoms with Gasteiger partial charge >= 0.3 is 0 Å². The third kappa shape index (κ3) is 2.12. The normalized spacial score (nSPS) is 44.1.